The van der Waals surface area contributed by atoms with Gasteiger partial charge in [-0.2, -0.15) is 0 Å². The van der Waals surface area contributed by atoms with Crippen molar-refractivity contribution in [3.05, 3.63) is 94.8 Å². The number of likely N-dealkylation sites (N-methyl/N-ethyl adjacent to an activating group) is 1. The quantitative estimate of drug-likeness (QED) is 0.327. The first kappa shape index (κ1) is 23.2. The molecule has 1 heterocycles. The highest BCUT2D eigenvalue weighted by atomic mass is 19.1. The molecule has 1 aromatic heterocycles. The van der Waals surface area contributed by atoms with Crippen LogP contribution >= 0.6 is 0 Å². The molecule has 34 heavy (non-hydrogen) atoms. The van der Waals surface area contributed by atoms with E-state index in [0.717, 1.165) is 13.0 Å². The second-order valence-electron chi connectivity index (χ2n) is 8.49. The van der Waals surface area contributed by atoms with Crippen molar-refractivity contribution in [2.24, 2.45) is 4.99 Å². The van der Waals surface area contributed by atoms with Gasteiger partial charge in [0.2, 0.25) is 0 Å². The highest BCUT2D eigenvalue weighted by Crippen LogP contribution is 2.32. The number of carbonyl (C=O) groups is 1. The van der Waals surface area contributed by atoms with Crippen molar-refractivity contribution in [2.75, 3.05) is 20.6 Å². The molecule has 0 spiro atoms. The Balaban J connectivity index is 1.83. The zero-order chi connectivity index (χ0) is 24.2. The summed E-state index contributed by atoms with van der Waals surface area (Å²) in [6.45, 7) is 0.935. The average molecular weight is 460 g/mol. The molecule has 0 saturated heterocycles. The monoisotopic (exact) mass is 459 g/mol. The molecular weight excluding hydrogens is 433 g/mol. The molecule has 0 radical (unpaired) electrons. The van der Waals surface area contributed by atoms with Gasteiger partial charge < -0.3 is 20.1 Å². The van der Waals surface area contributed by atoms with Gasteiger partial charge in [-0.25, -0.2) is 9.38 Å². The molecule has 0 amide bonds. The van der Waals surface area contributed by atoms with Crippen molar-refractivity contribution in [1.29, 1.82) is 0 Å². The van der Waals surface area contributed by atoms with Gasteiger partial charge in [-0.05, 0) is 68.0 Å². The van der Waals surface area contributed by atoms with E-state index in [1.54, 1.807) is 24.3 Å². The van der Waals surface area contributed by atoms with E-state index in [0.29, 0.717) is 39.0 Å². The molecule has 3 aromatic carbocycles. The fourth-order valence-electron chi connectivity index (χ4n) is 3.88. The van der Waals surface area contributed by atoms with Crippen molar-refractivity contribution < 1.29 is 19.4 Å². The fourth-order valence-corrected chi connectivity index (χ4v) is 3.88. The zero-order valence-corrected chi connectivity index (χ0v) is 19.0. The lowest BCUT2D eigenvalue weighted by Crippen LogP contribution is -2.14. The Bertz CT molecular complexity index is 1360. The van der Waals surface area contributed by atoms with Crippen LogP contribution in [0.25, 0.3) is 10.9 Å². The van der Waals surface area contributed by atoms with E-state index in [2.05, 4.69) is 9.88 Å². The van der Waals surface area contributed by atoms with E-state index >= 15 is 0 Å². The molecule has 4 aromatic rings. The van der Waals surface area contributed by atoms with Crippen LogP contribution in [0.2, 0.25) is 0 Å². The topological polar surface area (TPSA) is 88.9 Å². The first-order valence-electron chi connectivity index (χ1n) is 10.9. The third kappa shape index (κ3) is 5.32. The van der Waals surface area contributed by atoms with Crippen LogP contribution in [0.1, 0.15) is 22.3 Å². The maximum Gasteiger partial charge on any atom is 0.307 e. The van der Waals surface area contributed by atoms with Crippen LogP contribution in [-0.2, 0) is 17.6 Å². The van der Waals surface area contributed by atoms with Crippen LogP contribution in [0.3, 0.4) is 0 Å². The van der Waals surface area contributed by atoms with Crippen LogP contribution in [0.5, 0.6) is 5.88 Å². The van der Waals surface area contributed by atoms with Gasteiger partial charge in [0.05, 0.1) is 28.9 Å². The van der Waals surface area contributed by atoms with Gasteiger partial charge in [0, 0.05) is 17.5 Å². The highest BCUT2D eigenvalue weighted by molar-refractivity contribution is 6.22. The lowest BCUT2D eigenvalue weighted by atomic mass is 9.98. The molecule has 3 N–H and O–H groups in total. The number of hydrogen-bond donors (Lipinski definition) is 3. The number of aliphatic imine (C=N–C) groups is 1. The number of nitrogens with one attached hydrogen (secondary N) is 1. The summed E-state index contributed by atoms with van der Waals surface area (Å²) in [6.07, 6.45) is 0.780. The molecule has 0 saturated carbocycles. The normalized spacial score (nSPS) is 11.9. The van der Waals surface area contributed by atoms with Gasteiger partial charge >= 0.3 is 5.97 Å². The second-order valence-corrected chi connectivity index (χ2v) is 8.49. The molecule has 174 valence electrons. The first-order valence-corrected chi connectivity index (χ1v) is 10.9. The molecule has 0 fully saturated rings. The van der Waals surface area contributed by atoms with Gasteiger partial charge in [0.15, 0.2) is 5.88 Å². The van der Waals surface area contributed by atoms with Gasteiger partial charge in [0.25, 0.3) is 0 Å². The van der Waals surface area contributed by atoms with E-state index in [9.17, 15) is 19.4 Å². The Hall–Kier alpha value is -3.97. The Morgan fingerprint density at radius 1 is 1.03 bits per heavy atom. The van der Waals surface area contributed by atoms with Crippen molar-refractivity contribution in [2.45, 2.75) is 12.8 Å². The largest absolute Gasteiger partial charge is 0.494 e. The van der Waals surface area contributed by atoms with Gasteiger partial charge in [0.1, 0.15) is 5.82 Å². The summed E-state index contributed by atoms with van der Waals surface area (Å²) in [6, 6.07) is 19.2. The number of fused-ring (bicyclic) bond motifs is 1. The fraction of sp³-hybridized carbons (Fsp3) is 0.185. The summed E-state index contributed by atoms with van der Waals surface area (Å²) in [5.74, 6) is -1.49. The SMILES string of the molecule is CN(C)CCc1ccc(N=C(c2cccc(CC(=O)O)c2)c2c(O)[nH]c3cc(F)ccc23)cc1. The number of nitrogens with zero attached hydrogens (tertiary/aromatic N) is 2. The Morgan fingerprint density at radius 2 is 1.79 bits per heavy atom. The van der Waals surface area contributed by atoms with Crippen molar-refractivity contribution >= 4 is 28.3 Å². The molecular formula is C27H26FN3O3. The molecule has 4 rings (SSSR count). The number of H-pyrrole nitrogens is 1. The first-order chi connectivity index (χ1) is 16.3. The summed E-state index contributed by atoms with van der Waals surface area (Å²) >= 11 is 0. The lowest BCUT2D eigenvalue weighted by Gasteiger charge is -2.11. The van der Waals surface area contributed by atoms with Crippen LogP contribution in [-0.4, -0.2) is 52.4 Å². The number of aromatic hydroxyl groups is 1. The Morgan fingerprint density at radius 3 is 2.50 bits per heavy atom. The maximum atomic E-state index is 13.8. The number of halogens is 1. The predicted molar refractivity (Wildman–Crippen MR) is 132 cm³/mol. The molecule has 0 aliphatic heterocycles. The third-order valence-corrected chi connectivity index (χ3v) is 5.56. The molecule has 0 aliphatic carbocycles. The predicted octanol–water partition coefficient (Wildman–Crippen LogP) is 4.91. The van der Waals surface area contributed by atoms with E-state index in [4.69, 9.17) is 4.99 Å². The number of hydrogen-bond acceptors (Lipinski definition) is 4. The van der Waals surface area contributed by atoms with E-state index in [1.807, 2.05) is 44.4 Å². The Kier molecular flexibility index (Phi) is 6.75. The van der Waals surface area contributed by atoms with Crippen LogP contribution < -0.4 is 0 Å². The summed E-state index contributed by atoms with van der Waals surface area (Å²) < 4.78 is 13.8. The highest BCUT2D eigenvalue weighted by Gasteiger charge is 2.19. The number of aromatic amines is 1. The number of benzene rings is 3. The van der Waals surface area contributed by atoms with Crippen LogP contribution in [0.4, 0.5) is 10.1 Å². The number of carboxylic acid groups (broad SMARTS) is 1. The number of rotatable bonds is 8. The van der Waals surface area contributed by atoms with E-state index < -0.39 is 11.8 Å². The average Bonchev–Trinajstić information content (AvgIpc) is 3.11. The minimum atomic E-state index is -0.936. The number of aromatic nitrogens is 1. The Labute approximate surface area is 197 Å². The number of aliphatic carboxylic acids is 1. The molecule has 0 aliphatic rings. The lowest BCUT2D eigenvalue weighted by molar-refractivity contribution is -0.136. The summed E-state index contributed by atoms with van der Waals surface area (Å²) in [5.41, 5.74) is 4.47. The van der Waals surface area contributed by atoms with Crippen LogP contribution in [0.15, 0.2) is 71.7 Å². The minimum absolute atomic E-state index is 0.132. The van der Waals surface area contributed by atoms with Gasteiger partial charge in [-0.15, -0.1) is 0 Å². The molecule has 0 unspecified atom stereocenters. The summed E-state index contributed by atoms with van der Waals surface area (Å²) in [5, 5.41) is 20.6. The molecule has 0 bridgehead atoms. The van der Waals surface area contributed by atoms with Crippen molar-refractivity contribution in [1.82, 2.24) is 9.88 Å². The van der Waals surface area contributed by atoms with E-state index in [-0.39, 0.29) is 12.3 Å². The van der Waals surface area contributed by atoms with Gasteiger partial charge in [-0.1, -0.05) is 30.3 Å². The standard InChI is InChI=1S/C27H26FN3O3/c1-31(2)13-12-17-6-9-21(10-7-17)29-26(19-5-3-4-18(14-19)15-24(32)33)25-22-11-8-20(28)16-23(22)30-27(25)34/h3-11,14,16,30,34H,12-13,15H2,1-2H3,(H,32,33). The van der Waals surface area contributed by atoms with Gasteiger partial charge in [-0.3, -0.25) is 4.79 Å². The third-order valence-electron chi connectivity index (χ3n) is 5.56. The zero-order valence-electron chi connectivity index (χ0n) is 19.0. The summed E-state index contributed by atoms with van der Waals surface area (Å²) in [4.78, 5) is 21.0. The van der Waals surface area contributed by atoms with Crippen molar-refractivity contribution in [3.63, 3.8) is 0 Å². The second kappa shape index (κ2) is 9.89. The molecule has 0 atom stereocenters. The van der Waals surface area contributed by atoms with Crippen molar-refractivity contribution in [3.8, 4) is 5.88 Å². The summed E-state index contributed by atoms with van der Waals surface area (Å²) in [7, 11) is 4.06. The van der Waals surface area contributed by atoms with Crippen LogP contribution in [0, 0.1) is 5.82 Å². The number of carboxylic acids is 1. The maximum absolute atomic E-state index is 13.8. The smallest absolute Gasteiger partial charge is 0.307 e. The molecule has 6 nitrogen and oxygen atoms in total. The minimum Gasteiger partial charge on any atom is -0.494 e. The van der Waals surface area contributed by atoms with E-state index in [1.165, 1.54) is 17.7 Å². The molecule has 7 heteroatoms.